The highest BCUT2D eigenvalue weighted by Gasteiger charge is 2.11. The molecule has 0 aliphatic carbocycles. The van der Waals surface area contributed by atoms with Gasteiger partial charge in [-0.25, -0.2) is 0 Å². The van der Waals surface area contributed by atoms with E-state index in [0.29, 0.717) is 0 Å². The van der Waals surface area contributed by atoms with Crippen LogP contribution in [0.2, 0.25) is 0 Å². The molecule has 3 nitrogen and oxygen atoms in total. The molecule has 0 aromatic rings. The molecule has 1 rings (SSSR count). The Kier molecular flexibility index (Phi) is 9.58. The van der Waals surface area contributed by atoms with E-state index < -0.39 is 5.97 Å². The molecule has 0 spiro atoms. The third kappa shape index (κ3) is 9.56. The first-order chi connectivity index (χ1) is 9.79. The Morgan fingerprint density at radius 1 is 1.00 bits per heavy atom. The normalized spacial score (nSPS) is 27.5. The largest absolute Gasteiger partial charge is 0.481 e. The molecular weight excluding hydrogens is 250 g/mol. The molecule has 2 N–H and O–H groups in total. The predicted molar refractivity (Wildman–Crippen MR) is 83.8 cm³/mol. The number of allylic oxidation sites excluding steroid dienone is 6. The van der Waals surface area contributed by atoms with Crippen molar-refractivity contribution in [3.63, 3.8) is 0 Å². The van der Waals surface area contributed by atoms with E-state index in [2.05, 4.69) is 41.8 Å². The summed E-state index contributed by atoms with van der Waals surface area (Å²) < 4.78 is 0. The van der Waals surface area contributed by atoms with Crippen molar-refractivity contribution in [2.75, 3.05) is 6.54 Å². The van der Waals surface area contributed by atoms with Crippen LogP contribution in [0.5, 0.6) is 0 Å². The molecule has 1 unspecified atom stereocenters. The Morgan fingerprint density at radius 3 is 2.35 bits per heavy atom. The van der Waals surface area contributed by atoms with E-state index >= 15 is 0 Å². The molecular formula is C17H27NO2. The maximum absolute atomic E-state index is 10.9. The number of hydrogen-bond acceptors (Lipinski definition) is 2. The molecule has 1 aliphatic heterocycles. The Bertz CT molecular complexity index is 345. The molecule has 3 heteroatoms. The number of carbonyl (C=O) groups is 1. The van der Waals surface area contributed by atoms with Crippen LogP contribution in [0.3, 0.4) is 0 Å². The van der Waals surface area contributed by atoms with E-state index in [1.54, 1.807) is 0 Å². The van der Waals surface area contributed by atoms with E-state index in [1.807, 2.05) is 0 Å². The summed E-state index contributed by atoms with van der Waals surface area (Å²) in [6, 6.07) is 0.0936. The van der Waals surface area contributed by atoms with E-state index in [-0.39, 0.29) is 12.5 Å². The molecule has 0 bridgehead atoms. The molecule has 0 radical (unpaired) electrons. The van der Waals surface area contributed by atoms with Gasteiger partial charge in [0.2, 0.25) is 0 Å². The summed E-state index contributed by atoms with van der Waals surface area (Å²) >= 11 is 0. The van der Waals surface area contributed by atoms with Crippen LogP contribution in [0.25, 0.3) is 0 Å². The molecule has 0 aromatic heterocycles. The third-order valence-electron chi connectivity index (χ3n) is 3.38. The van der Waals surface area contributed by atoms with Gasteiger partial charge in [0.05, 0.1) is 6.42 Å². The molecule has 0 amide bonds. The average molecular weight is 277 g/mol. The van der Waals surface area contributed by atoms with Gasteiger partial charge >= 0.3 is 5.97 Å². The standard InChI is InChI=1S/C17H27NO2/c19-17(20)15-16-13-11-9-7-5-3-1-2-4-6-8-10-12-14-18-16/h1,3-4,6-7,9,16,18H,2,5,8,10-15H2,(H,19,20)/b3-1-,6-4+,9-7-. The van der Waals surface area contributed by atoms with Gasteiger partial charge in [0.15, 0.2) is 0 Å². The highest BCUT2D eigenvalue weighted by Crippen LogP contribution is 2.06. The smallest absolute Gasteiger partial charge is 0.304 e. The first-order valence-electron chi connectivity index (χ1n) is 7.69. The van der Waals surface area contributed by atoms with Crippen LogP contribution in [0.4, 0.5) is 0 Å². The van der Waals surface area contributed by atoms with Crippen LogP contribution in [0, 0.1) is 0 Å². The van der Waals surface area contributed by atoms with Gasteiger partial charge in [-0.15, -0.1) is 0 Å². The van der Waals surface area contributed by atoms with Gasteiger partial charge in [-0.1, -0.05) is 36.5 Å². The van der Waals surface area contributed by atoms with Crippen LogP contribution < -0.4 is 5.32 Å². The van der Waals surface area contributed by atoms with Crippen LogP contribution in [-0.2, 0) is 4.79 Å². The minimum absolute atomic E-state index is 0.0936. The van der Waals surface area contributed by atoms with E-state index in [4.69, 9.17) is 5.11 Å². The van der Waals surface area contributed by atoms with Gasteiger partial charge in [-0.2, -0.15) is 0 Å². The first-order valence-corrected chi connectivity index (χ1v) is 7.69. The molecule has 0 aromatic carbocycles. The van der Waals surface area contributed by atoms with Gasteiger partial charge in [-0.05, 0) is 51.5 Å². The highest BCUT2D eigenvalue weighted by atomic mass is 16.4. The fourth-order valence-electron chi connectivity index (χ4n) is 2.26. The molecule has 1 atom stereocenters. The van der Waals surface area contributed by atoms with Crippen molar-refractivity contribution in [3.8, 4) is 0 Å². The Hall–Kier alpha value is -1.35. The lowest BCUT2D eigenvalue weighted by atomic mass is 10.1. The molecule has 0 saturated heterocycles. The van der Waals surface area contributed by atoms with Gasteiger partial charge in [0, 0.05) is 6.04 Å². The maximum Gasteiger partial charge on any atom is 0.304 e. The van der Waals surface area contributed by atoms with Crippen molar-refractivity contribution in [1.29, 1.82) is 0 Å². The molecule has 1 aliphatic rings. The SMILES string of the molecule is O=C(O)CC1CC/C=C\C/C=C\C/C=C/CCCCN1. The molecule has 1 heterocycles. The van der Waals surface area contributed by atoms with Gasteiger partial charge in [0.25, 0.3) is 0 Å². The number of hydrogen-bond donors (Lipinski definition) is 2. The quantitative estimate of drug-likeness (QED) is 0.754. The zero-order chi connectivity index (χ0) is 14.5. The van der Waals surface area contributed by atoms with Crippen molar-refractivity contribution in [1.82, 2.24) is 5.32 Å². The summed E-state index contributed by atoms with van der Waals surface area (Å²) in [5.41, 5.74) is 0. The number of carboxylic acids is 1. The average Bonchev–Trinajstić information content (AvgIpc) is 2.40. The number of nitrogens with one attached hydrogen (secondary N) is 1. The van der Waals surface area contributed by atoms with Crippen LogP contribution in [0.1, 0.15) is 51.4 Å². The summed E-state index contributed by atoms with van der Waals surface area (Å²) in [6.45, 7) is 0.912. The minimum atomic E-state index is -0.716. The Labute approximate surface area is 122 Å². The summed E-state index contributed by atoms with van der Waals surface area (Å²) in [5, 5.41) is 12.3. The highest BCUT2D eigenvalue weighted by molar-refractivity contribution is 5.67. The van der Waals surface area contributed by atoms with Crippen molar-refractivity contribution >= 4 is 5.97 Å². The van der Waals surface area contributed by atoms with Crippen molar-refractivity contribution in [2.45, 2.75) is 57.4 Å². The van der Waals surface area contributed by atoms with Gasteiger partial charge in [0.1, 0.15) is 0 Å². The van der Waals surface area contributed by atoms with Crippen LogP contribution >= 0.6 is 0 Å². The zero-order valence-electron chi connectivity index (χ0n) is 12.3. The van der Waals surface area contributed by atoms with E-state index in [0.717, 1.165) is 51.5 Å². The molecule has 0 fully saturated rings. The summed E-state index contributed by atoms with van der Waals surface area (Å²) in [5.74, 6) is -0.716. The first kappa shape index (κ1) is 16.7. The topological polar surface area (TPSA) is 49.3 Å². The molecule has 112 valence electrons. The van der Waals surface area contributed by atoms with Crippen molar-refractivity contribution < 1.29 is 9.90 Å². The Morgan fingerprint density at radius 2 is 1.65 bits per heavy atom. The second-order valence-corrected chi connectivity index (χ2v) is 5.21. The van der Waals surface area contributed by atoms with E-state index in [1.165, 1.54) is 0 Å². The van der Waals surface area contributed by atoms with Crippen LogP contribution in [0.15, 0.2) is 36.5 Å². The number of carboxylic acid groups (broad SMARTS) is 1. The lowest BCUT2D eigenvalue weighted by Gasteiger charge is -2.16. The zero-order valence-corrected chi connectivity index (χ0v) is 12.3. The lowest BCUT2D eigenvalue weighted by Crippen LogP contribution is -2.32. The summed E-state index contributed by atoms with van der Waals surface area (Å²) in [4.78, 5) is 10.9. The second-order valence-electron chi connectivity index (χ2n) is 5.21. The Balaban J connectivity index is 2.43. The minimum Gasteiger partial charge on any atom is -0.481 e. The predicted octanol–water partition coefficient (Wildman–Crippen LogP) is 3.83. The number of rotatable bonds is 2. The van der Waals surface area contributed by atoms with Crippen molar-refractivity contribution in [2.24, 2.45) is 0 Å². The monoisotopic (exact) mass is 277 g/mol. The molecule has 0 saturated carbocycles. The number of aliphatic carboxylic acids is 1. The third-order valence-corrected chi connectivity index (χ3v) is 3.38. The van der Waals surface area contributed by atoms with Crippen molar-refractivity contribution in [3.05, 3.63) is 36.5 Å². The van der Waals surface area contributed by atoms with Gasteiger partial charge in [-0.3, -0.25) is 4.79 Å². The van der Waals surface area contributed by atoms with Gasteiger partial charge < -0.3 is 10.4 Å². The second kappa shape index (κ2) is 11.5. The fourth-order valence-corrected chi connectivity index (χ4v) is 2.26. The molecule has 20 heavy (non-hydrogen) atoms. The van der Waals surface area contributed by atoms with Crippen LogP contribution in [-0.4, -0.2) is 23.7 Å². The lowest BCUT2D eigenvalue weighted by molar-refractivity contribution is -0.137. The fraction of sp³-hybridized carbons (Fsp3) is 0.588. The maximum atomic E-state index is 10.9. The van der Waals surface area contributed by atoms with E-state index in [9.17, 15) is 4.79 Å². The summed E-state index contributed by atoms with van der Waals surface area (Å²) in [6.07, 6.45) is 20.6. The summed E-state index contributed by atoms with van der Waals surface area (Å²) in [7, 11) is 0.